The van der Waals surface area contributed by atoms with Crippen LogP contribution in [0, 0.1) is 20.8 Å². The molecule has 1 aromatic heterocycles. The standard InChI is InChI=1S/C18H22N2O3S/c1-12-5-4-6-16(9-12)20-13(2)10-17(14(20)3)18(21)19-15-7-8-24(22,23)11-15/h4-6,9-10,15H,7-8,11H2,1-3H3,(H,19,21)/t15-/m0/s1. The average Bonchev–Trinajstić information content (AvgIpc) is 2.98. The van der Waals surface area contributed by atoms with Crippen LogP contribution in [-0.2, 0) is 9.84 Å². The molecule has 1 amide bonds. The van der Waals surface area contributed by atoms with Crippen LogP contribution < -0.4 is 5.32 Å². The lowest BCUT2D eigenvalue weighted by Gasteiger charge is -2.12. The van der Waals surface area contributed by atoms with Gasteiger partial charge >= 0.3 is 0 Å². The number of nitrogens with one attached hydrogen (secondary N) is 1. The first-order valence-corrected chi connectivity index (χ1v) is 9.86. The number of hydrogen-bond acceptors (Lipinski definition) is 3. The first kappa shape index (κ1) is 16.8. The molecule has 5 nitrogen and oxygen atoms in total. The molecular formula is C18H22N2O3S. The highest BCUT2D eigenvalue weighted by Crippen LogP contribution is 2.22. The van der Waals surface area contributed by atoms with Crippen LogP contribution in [0.4, 0.5) is 0 Å². The van der Waals surface area contributed by atoms with Gasteiger partial charge in [0.05, 0.1) is 17.1 Å². The van der Waals surface area contributed by atoms with Crippen LogP contribution in [0.5, 0.6) is 0 Å². The van der Waals surface area contributed by atoms with Gasteiger partial charge in [-0.1, -0.05) is 12.1 Å². The lowest BCUT2D eigenvalue weighted by Crippen LogP contribution is -2.35. The molecule has 3 rings (SSSR count). The third kappa shape index (κ3) is 3.24. The second kappa shape index (κ2) is 6.09. The SMILES string of the molecule is Cc1cccc(-n2c(C)cc(C(=O)N[C@H]3CCS(=O)(=O)C3)c2C)c1. The topological polar surface area (TPSA) is 68.2 Å². The molecule has 0 bridgehead atoms. The van der Waals surface area contributed by atoms with Crippen molar-refractivity contribution in [3.63, 3.8) is 0 Å². The highest BCUT2D eigenvalue weighted by Gasteiger charge is 2.30. The Morgan fingerprint density at radius 1 is 1.21 bits per heavy atom. The van der Waals surface area contributed by atoms with Gasteiger partial charge < -0.3 is 9.88 Å². The number of sulfone groups is 1. The number of nitrogens with zero attached hydrogens (tertiary/aromatic N) is 1. The van der Waals surface area contributed by atoms with E-state index in [0.717, 1.165) is 22.6 Å². The lowest BCUT2D eigenvalue weighted by molar-refractivity contribution is 0.0940. The molecule has 1 N–H and O–H groups in total. The zero-order valence-electron chi connectivity index (χ0n) is 14.2. The van der Waals surface area contributed by atoms with E-state index in [1.807, 2.05) is 49.6 Å². The summed E-state index contributed by atoms with van der Waals surface area (Å²) in [5.74, 6) is -0.0144. The maximum atomic E-state index is 12.6. The van der Waals surface area contributed by atoms with Crippen molar-refractivity contribution in [1.29, 1.82) is 0 Å². The predicted molar refractivity (Wildman–Crippen MR) is 94.5 cm³/mol. The highest BCUT2D eigenvalue weighted by atomic mass is 32.2. The van der Waals surface area contributed by atoms with Gasteiger partial charge in [-0.25, -0.2) is 8.42 Å². The molecule has 6 heteroatoms. The Kier molecular flexibility index (Phi) is 4.25. The number of aromatic nitrogens is 1. The molecule has 2 aromatic rings. The highest BCUT2D eigenvalue weighted by molar-refractivity contribution is 7.91. The third-order valence-corrected chi connectivity index (χ3v) is 6.27. The first-order valence-electron chi connectivity index (χ1n) is 8.04. The molecule has 0 spiro atoms. The van der Waals surface area contributed by atoms with Gasteiger partial charge in [0.25, 0.3) is 5.91 Å². The van der Waals surface area contributed by atoms with Crippen molar-refractivity contribution in [1.82, 2.24) is 9.88 Å². The summed E-state index contributed by atoms with van der Waals surface area (Å²) in [5, 5.41) is 2.86. The molecule has 0 saturated carbocycles. The summed E-state index contributed by atoms with van der Waals surface area (Å²) in [7, 11) is -3.00. The third-order valence-electron chi connectivity index (χ3n) is 4.50. The van der Waals surface area contributed by atoms with E-state index in [1.54, 1.807) is 0 Å². The second-order valence-electron chi connectivity index (χ2n) is 6.53. The van der Waals surface area contributed by atoms with Crippen molar-refractivity contribution in [3.8, 4) is 5.69 Å². The van der Waals surface area contributed by atoms with Crippen molar-refractivity contribution in [2.24, 2.45) is 0 Å². The average molecular weight is 346 g/mol. The minimum absolute atomic E-state index is 0.0371. The maximum Gasteiger partial charge on any atom is 0.253 e. The fourth-order valence-corrected chi connectivity index (χ4v) is 5.00. The number of benzene rings is 1. The Labute approximate surface area is 142 Å². The zero-order valence-corrected chi connectivity index (χ0v) is 15.0. The van der Waals surface area contributed by atoms with Gasteiger partial charge in [0, 0.05) is 23.1 Å². The van der Waals surface area contributed by atoms with Crippen LogP contribution in [0.15, 0.2) is 30.3 Å². The van der Waals surface area contributed by atoms with Gasteiger partial charge in [-0.15, -0.1) is 0 Å². The van der Waals surface area contributed by atoms with Gasteiger partial charge in [0.2, 0.25) is 0 Å². The summed E-state index contributed by atoms with van der Waals surface area (Å²) in [6.07, 6.45) is 0.491. The van der Waals surface area contributed by atoms with Gasteiger partial charge in [-0.05, 0) is 51.0 Å². The van der Waals surface area contributed by atoms with Crippen molar-refractivity contribution in [2.75, 3.05) is 11.5 Å². The molecule has 2 heterocycles. The fourth-order valence-electron chi connectivity index (χ4n) is 3.33. The Morgan fingerprint density at radius 3 is 2.58 bits per heavy atom. The van der Waals surface area contributed by atoms with E-state index in [4.69, 9.17) is 0 Å². The Bertz CT molecular complexity index is 897. The molecule has 1 saturated heterocycles. The quantitative estimate of drug-likeness (QED) is 0.927. The monoisotopic (exact) mass is 346 g/mol. The fraction of sp³-hybridized carbons (Fsp3) is 0.389. The van der Waals surface area contributed by atoms with Crippen molar-refractivity contribution < 1.29 is 13.2 Å². The summed E-state index contributed by atoms with van der Waals surface area (Å²) in [6, 6.07) is 9.68. The predicted octanol–water partition coefficient (Wildman–Crippen LogP) is 2.32. The van der Waals surface area contributed by atoms with Gasteiger partial charge in [0.1, 0.15) is 0 Å². The van der Waals surface area contributed by atoms with E-state index in [-0.39, 0.29) is 23.5 Å². The molecule has 1 atom stereocenters. The van der Waals surface area contributed by atoms with Gasteiger partial charge in [-0.3, -0.25) is 4.79 Å². The number of hydrogen-bond donors (Lipinski definition) is 1. The number of amides is 1. The Hall–Kier alpha value is -2.08. The van der Waals surface area contributed by atoms with E-state index >= 15 is 0 Å². The lowest BCUT2D eigenvalue weighted by atomic mass is 10.2. The molecule has 1 aliphatic heterocycles. The number of rotatable bonds is 3. The van der Waals surface area contributed by atoms with Crippen LogP contribution in [0.1, 0.15) is 33.7 Å². The van der Waals surface area contributed by atoms with E-state index in [0.29, 0.717) is 12.0 Å². The molecule has 24 heavy (non-hydrogen) atoms. The van der Waals surface area contributed by atoms with Gasteiger partial charge in [-0.2, -0.15) is 0 Å². The summed E-state index contributed by atoms with van der Waals surface area (Å²) in [6.45, 7) is 5.91. The Balaban J connectivity index is 1.87. The molecule has 0 aliphatic carbocycles. The van der Waals surface area contributed by atoms with E-state index in [9.17, 15) is 13.2 Å². The Morgan fingerprint density at radius 2 is 1.96 bits per heavy atom. The largest absolute Gasteiger partial charge is 0.348 e. The minimum Gasteiger partial charge on any atom is -0.348 e. The summed E-state index contributed by atoms with van der Waals surface area (Å²) >= 11 is 0. The first-order chi connectivity index (χ1) is 11.3. The van der Waals surface area contributed by atoms with E-state index in [2.05, 4.69) is 11.4 Å². The van der Waals surface area contributed by atoms with Crippen LogP contribution in [0.25, 0.3) is 5.69 Å². The van der Waals surface area contributed by atoms with Crippen molar-refractivity contribution in [3.05, 3.63) is 52.8 Å². The molecule has 1 aromatic carbocycles. The maximum absolute atomic E-state index is 12.6. The van der Waals surface area contributed by atoms with Crippen LogP contribution in [0.3, 0.4) is 0 Å². The molecule has 1 fully saturated rings. The molecule has 1 aliphatic rings. The van der Waals surface area contributed by atoms with Crippen LogP contribution >= 0.6 is 0 Å². The smallest absolute Gasteiger partial charge is 0.253 e. The number of aryl methyl sites for hydroxylation is 2. The van der Waals surface area contributed by atoms with Crippen molar-refractivity contribution >= 4 is 15.7 Å². The minimum atomic E-state index is -3.00. The molecule has 0 unspecified atom stereocenters. The van der Waals surface area contributed by atoms with Gasteiger partial charge in [0.15, 0.2) is 9.84 Å². The summed E-state index contributed by atoms with van der Waals surface area (Å²) in [5.41, 5.74) is 4.60. The second-order valence-corrected chi connectivity index (χ2v) is 8.76. The normalized spacial score (nSPS) is 19.4. The molecule has 128 valence electrons. The van der Waals surface area contributed by atoms with E-state index < -0.39 is 9.84 Å². The zero-order chi connectivity index (χ0) is 17.5. The molecular weight excluding hydrogens is 324 g/mol. The van der Waals surface area contributed by atoms with Crippen LogP contribution in [-0.4, -0.2) is 36.4 Å². The van der Waals surface area contributed by atoms with Crippen molar-refractivity contribution in [2.45, 2.75) is 33.2 Å². The number of carbonyl (C=O) groups excluding carboxylic acids is 1. The number of carbonyl (C=O) groups is 1. The summed E-state index contributed by atoms with van der Waals surface area (Å²) < 4.78 is 25.1. The van der Waals surface area contributed by atoms with E-state index in [1.165, 1.54) is 0 Å². The summed E-state index contributed by atoms with van der Waals surface area (Å²) in [4.78, 5) is 12.6. The molecule has 0 radical (unpaired) electrons. The van der Waals surface area contributed by atoms with Crippen LogP contribution in [0.2, 0.25) is 0 Å².